The first-order chi connectivity index (χ1) is 16.3. The Labute approximate surface area is 211 Å². The molecule has 34 heavy (non-hydrogen) atoms. The van der Waals surface area contributed by atoms with E-state index in [-0.39, 0.29) is 20.3 Å². The van der Waals surface area contributed by atoms with Crippen LogP contribution in [-0.2, 0) is 16.4 Å². The molecule has 0 spiro atoms. The van der Waals surface area contributed by atoms with Crippen molar-refractivity contribution in [2.75, 3.05) is 14.1 Å². The fraction of sp³-hybridized carbons (Fsp3) is 0.480. The Bertz CT molecular complexity index is 951. The van der Waals surface area contributed by atoms with Crippen molar-refractivity contribution in [2.24, 2.45) is 5.10 Å². The first-order valence-corrected chi connectivity index (χ1v) is 15.2. The normalized spacial score (nSPS) is 14.6. The zero-order chi connectivity index (χ0) is 25.1. The summed E-state index contributed by atoms with van der Waals surface area (Å²) in [5.74, 6) is 1.39. The van der Waals surface area contributed by atoms with Crippen LogP contribution in [0.2, 0.25) is 0 Å². The van der Waals surface area contributed by atoms with Gasteiger partial charge in [0.25, 0.3) is 0 Å². The van der Waals surface area contributed by atoms with Crippen molar-refractivity contribution in [3.05, 3.63) is 59.7 Å². The molecule has 2 aromatic rings. The number of hydrazone groups is 1. The molecule has 2 aromatic carbocycles. The van der Waals surface area contributed by atoms with Gasteiger partial charge in [0, 0.05) is 7.05 Å². The third-order valence-corrected chi connectivity index (χ3v) is 10.9. The van der Waals surface area contributed by atoms with Crippen LogP contribution in [-0.4, -0.2) is 36.5 Å². The van der Waals surface area contributed by atoms with E-state index in [2.05, 4.69) is 38.1 Å². The molecule has 3 atom stereocenters. The van der Waals surface area contributed by atoms with Gasteiger partial charge in [0.2, 0.25) is 0 Å². The Kier molecular flexibility index (Phi) is 11.7. The molecular formula is C25H37N3O3P2S. The highest BCUT2D eigenvalue weighted by Crippen LogP contribution is 2.48. The average Bonchev–Trinajstić information content (AvgIpc) is 2.87. The second kappa shape index (κ2) is 13.9. The van der Waals surface area contributed by atoms with Crippen LogP contribution in [0.15, 0.2) is 53.6 Å². The van der Waals surface area contributed by atoms with Gasteiger partial charge in [0.05, 0.1) is 19.2 Å². The molecule has 0 amide bonds. The van der Waals surface area contributed by atoms with Crippen LogP contribution in [0.1, 0.15) is 63.9 Å². The topological polar surface area (TPSA) is 63.2 Å². The minimum absolute atomic E-state index is 0.0361. The molecular weight excluding hydrogens is 484 g/mol. The monoisotopic (exact) mass is 521 g/mol. The molecule has 0 aliphatic rings. The van der Waals surface area contributed by atoms with Gasteiger partial charge >= 0.3 is 0 Å². The van der Waals surface area contributed by atoms with E-state index in [0.717, 1.165) is 41.9 Å². The molecule has 0 aliphatic carbocycles. The maximum absolute atomic E-state index is 11.3. The summed E-state index contributed by atoms with van der Waals surface area (Å²) in [6, 6.07) is 15.6. The van der Waals surface area contributed by atoms with Gasteiger partial charge in [-0.1, -0.05) is 44.7 Å². The molecule has 0 saturated carbocycles. The second-order valence-corrected chi connectivity index (χ2v) is 12.2. The Morgan fingerprint density at radius 2 is 1.71 bits per heavy atom. The Morgan fingerprint density at radius 3 is 2.21 bits per heavy atom. The number of benzene rings is 2. The maximum Gasteiger partial charge on any atom is 0.179 e. The van der Waals surface area contributed by atoms with E-state index in [9.17, 15) is 4.57 Å². The first-order valence-electron chi connectivity index (χ1n) is 11.7. The summed E-state index contributed by atoms with van der Waals surface area (Å²) in [5.41, 5.74) is 1.93. The fourth-order valence-corrected chi connectivity index (χ4v) is 6.51. The lowest BCUT2D eigenvalue weighted by Crippen LogP contribution is -2.33. The van der Waals surface area contributed by atoms with Crippen LogP contribution < -0.4 is 14.8 Å². The zero-order valence-electron chi connectivity index (χ0n) is 20.9. The predicted molar refractivity (Wildman–Crippen MR) is 148 cm³/mol. The van der Waals surface area contributed by atoms with E-state index >= 15 is 0 Å². The Hall–Kier alpha value is -1.78. The van der Waals surface area contributed by atoms with Crippen LogP contribution in [0.3, 0.4) is 0 Å². The molecule has 9 heteroatoms. The standard InChI is InChI=1S/C25H37N3O3P2S/c1-7-19(4)30-22-14-10-20(11-15-22)18-27-28(6)33(34)25(8-2,9-3)31-23-16-12-21(13-17-23)24(26-5)32-29/h10-19,24,26,33H,7-9H2,1-6H3/b27-18+. The molecule has 0 bridgehead atoms. The van der Waals surface area contributed by atoms with Crippen molar-refractivity contribution >= 4 is 33.3 Å². The van der Waals surface area contributed by atoms with Crippen molar-refractivity contribution in [1.29, 1.82) is 0 Å². The molecule has 0 saturated heterocycles. The van der Waals surface area contributed by atoms with E-state index in [1.54, 1.807) is 7.05 Å². The molecule has 0 aromatic heterocycles. The summed E-state index contributed by atoms with van der Waals surface area (Å²) in [6.07, 6.45) is 4.55. The van der Waals surface area contributed by atoms with Crippen molar-refractivity contribution < 1.29 is 14.0 Å². The summed E-state index contributed by atoms with van der Waals surface area (Å²) < 4.78 is 25.6. The van der Waals surface area contributed by atoms with Gasteiger partial charge in [0.1, 0.15) is 17.3 Å². The van der Waals surface area contributed by atoms with Gasteiger partial charge in [-0.3, -0.25) is 9.34 Å². The Balaban J connectivity index is 2.12. The third-order valence-electron chi connectivity index (χ3n) is 5.89. The summed E-state index contributed by atoms with van der Waals surface area (Å²) in [4.78, 5) is 0. The highest BCUT2D eigenvalue weighted by molar-refractivity contribution is 8.04. The number of hydrogen-bond acceptors (Lipinski definition) is 6. The number of nitrogens with zero attached hydrogens (tertiary/aromatic N) is 2. The van der Waals surface area contributed by atoms with Crippen molar-refractivity contribution in [3.63, 3.8) is 0 Å². The number of hydrogen-bond donors (Lipinski definition) is 1. The minimum Gasteiger partial charge on any atom is -0.491 e. The largest absolute Gasteiger partial charge is 0.491 e. The lowest BCUT2D eigenvalue weighted by Gasteiger charge is -2.37. The quantitative estimate of drug-likeness (QED) is 0.167. The third kappa shape index (κ3) is 7.61. The molecule has 6 nitrogen and oxygen atoms in total. The molecule has 2 rings (SSSR count). The van der Waals surface area contributed by atoms with E-state index in [0.29, 0.717) is 0 Å². The number of rotatable bonds is 14. The van der Waals surface area contributed by atoms with Gasteiger partial charge in [0.15, 0.2) is 13.8 Å². The highest BCUT2D eigenvalue weighted by atomic mass is 32.4. The molecule has 3 unspecified atom stereocenters. The van der Waals surface area contributed by atoms with Crippen molar-refractivity contribution in [1.82, 2.24) is 10.1 Å². The first kappa shape index (κ1) is 28.5. The molecule has 0 aliphatic heterocycles. The lowest BCUT2D eigenvalue weighted by molar-refractivity contribution is 0.146. The molecule has 0 radical (unpaired) electrons. The minimum atomic E-state index is -1.59. The van der Waals surface area contributed by atoms with Gasteiger partial charge in [-0.25, -0.2) is 0 Å². The van der Waals surface area contributed by atoms with Crippen LogP contribution in [0.5, 0.6) is 11.5 Å². The Morgan fingerprint density at radius 1 is 1.12 bits per heavy atom. The summed E-state index contributed by atoms with van der Waals surface area (Å²) >= 11 is 6.01. The van der Waals surface area contributed by atoms with Crippen LogP contribution >= 0.6 is 15.3 Å². The van der Waals surface area contributed by atoms with Gasteiger partial charge < -0.3 is 14.8 Å². The zero-order valence-corrected chi connectivity index (χ0v) is 23.7. The lowest BCUT2D eigenvalue weighted by atomic mass is 10.2. The maximum atomic E-state index is 11.3. The van der Waals surface area contributed by atoms with E-state index < -0.39 is 12.2 Å². The van der Waals surface area contributed by atoms with E-state index in [1.165, 1.54) is 0 Å². The van der Waals surface area contributed by atoms with E-state index in [4.69, 9.17) is 21.3 Å². The fourth-order valence-electron chi connectivity index (χ4n) is 3.41. The van der Waals surface area contributed by atoms with Crippen molar-refractivity contribution in [2.45, 2.75) is 64.2 Å². The average molecular weight is 522 g/mol. The summed E-state index contributed by atoms with van der Waals surface area (Å²) in [5, 5.41) is 7.19. The molecule has 1 N–H and O–H groups in total. The van der Waals surface area contributed by atoms with E-state index in [1.807, 2.05) is 66.6 Å². The predicted octanol–water partition coefficient (Wildman–Crippen LogP) is 6.83. The molecule has 186 valence electrons. The second-order valence-electron chi connectivity index (χ2n) is 8.15. The van der Waals surface area contributed by atoms with Crippen molar-refractivity contribution in [3.8, 4) is 11.5 Å². The van der Waals surface area contributed by atoms with Crippen LogP contribution in [0, 0.1) is 0 Å². The molecule has 0 heterocycles. The number of nitrogens with one attached hydrogen (secondary N) is 1. The van der Waals surface area contributed by atoms with Gasteiger partial charge in [-0.2, -0.15) is 5.10 Å². The van der Waals surface area contributed by atoms with Gasteiger partial charge in [-0.05, 0) is 80.8 Å². The van der Waals surface area contributed by atoms with Crippen LogP contribution in [0.25, 0.3) is 0 Å². The highest BCUT2D eigenvalue weighted by Gasteiger charge is 2.34. The molecule has 0 fully saturated rings. The van der Waals surface area contributed by atoms with Crippen LogP contribution in [0.4, 0.5) is 0 Å². The summed E-state index contributed by atoms with van der Waals surface area (Å²) in [7, 11) is 3.75. The summed E-state index contributed by atoms with van der Waals surface area (Å²) in [6.45, 7) is 6.79. The SMILES string of the molecule is CCC(C)Oc1ccc(/C=N/N(C)[PH](=S)C(CC)(CC)Oc2ccc(C(NC)P=O)cc2)cc1. The number of ether oxygens (including phenoxy) is 2. The smallest absolute Gasteiger partial charge is 0.179 e. The van der Waals surface area contributed by atoms with Gasteiger partial charge in [-0.15, -0.1) is 0 Å².